The Morgan fingerprint density at radius 1 is 1.00 bits per heavy atom. The van der Waals surface area contributed by atoms with E-state index in [9.17, 15) is 0 Å². The molecule has 1 heteroatoms. The number of fused-ring (bicyclic) bond motifs is 3. The van der Waals surface area contributed by atoms with Gasteiger partial charge >= 0.3 is 0 Å². The first-order chi connectivity index (χ1) is 9.30. The number of benzene rings is 2. The summed E-state index contributed by atoms with van der Waals surface area (Å²) in [4.78, 5) is 0. The third-order valence-corrected chi connectivity index (χ3v) is 4.38. The molecule has 0 bridgehead atoms. The van der Waals surface area contributed by atoms with Gasteiger partial charge in [0, 0.05) is 5.56 Å². The Balaban J connectivity index is 1.97. The average Bonchev–Trinajstić information content (AvgIpc) is 2.96. The standard InChI is InChI=1S/C18H16O/c1-13-8-10-14(11-9-13)18-12-4-7-17(18)19-16-6-3-2-5-15(16)18/h2-3,5-11H,4,12H2,1H3. The maximum atomic E-state index is 6.08. The zero-order valence-electron chi connectivity index (χ0n) is 11.0. The van der Waals surface area contributed by atoms with Crippen molar-refractivity contribution >= 4 is 0 Å². The van der Waals surface area contributed by atoms with E-state index in [4.69, 9.17) is 4.74 Å². The van der Waals surface area contributed by atoms with Gasteiger partial charge in [-0.2, -0.15) is 0 Å². The third-order valence-electron chi connectivity index (χ3n) is 4.38. The van der Waals surface area contributed by atoms with Gasteiger partial charge in [0.1, 0.15) is 11.5 Å². The zero-order valence-corrected chi connectivity index (χ0v) is 11.0. The molecule has 1 aliphatic heterocycles. The minimum absolute atomic E-state index is 0.0374. The molecule has 19 heavy (non-hydrogen) atoms. The molecule has 0 N–H and O–H groups in total. The van der Waals surface area contributed by atoms with Crippen LogP contribution < -0.4 is 4.74 Å². The van der Waals surface area contributed by atoms with Gasteiger partial charge in [-0.15, -0.1) is 0 Å². The van der Waals surface area contributed by atoms with Crippen LogP contribution in [0.1, 0.15) is 29.5 Å². The highest BCUT2D eigenvalue weighted by Gasteiger charge is 2.48. The number of rotatable bonds is 1. The fraction of sp³-hybridized carbons (Fsp3) is 0.222. The second-order valence-electron chi connectivity index (χ2n) is 5.48. The molecule has 0 radical (unpaired) electrons. The molecule has 1 nitrogen and oxygen atoms in total. The topological polar surface area (TPSA) is 9.23 Å². The van der Waals surface area contributed by atoms with Crippen LogP contribution in [0.3, 0.4) is 0 Å². The van der Waals surface area contributed by atoms with Gasteiger partial charge in [0.15, 0.2) is 0 Å². The Morgan fingerprint density at radius 2 is 1.79 bits per heavy atom. The predicted octanol–water partition coefficient (Wildman–Crippen LogP) is 4.35. The highest BCUT2D eigenvalue weighted by atomic mass is 16.5. The van der Waals surface area contributed by atoms with Crippen molar-refractivity contribution < 1.29 is 4.74 Å². The minimum atomic E-state index is -0.0374. The number of allylic oxidation sites excluding steroid dienone is 2. The molecular weight excluding hydrogens is 232 g/mol. The predicted molar refractivity (Wildman–Crippen MR) is 76.3 cm³/mol. The molecule has 1 heterocycles. The Hall–Kier alpha value is -2.02. The number of hydrogen-bond acceptors (Lipinski definition) is 1. The highest BCUT2D eigenvalue weighted by molar-refractivity contribution is 5.59. The van der Waals surface area contributed by atoms with E-state index in [0.717, 1.165) is 24.4 Å². The smallest absolute Gasteiger partial charge is 0.131 e. The van der Waals surface area contributed by atoms with Gasteiger partial charge in [-0.05, 0) is 37.5 Å². The van der Waals surface area contributed by atoms with E-state index in [0.29, 0.717) is 0 Å². The Kier molecular flexibility index (Phi) is 2.14. The van der Waals surface area contributed by atoms with E-state index in [-0.39, 0.29) is 5.41 Å². The summed E-state index contributed by atoms with van der Waals surface area (Å²) < 4.78 is 6.08. The fourth-order valence-corrected chi connectivity index (χ4v) is 3.42. The van der Waals surface area contributed by atoms with Gasteiger partial charge in [0.2, 0.25) is 0 Å². The van der Waals surface area contributed by atoms with Crippen molar-refractivity contribution in [3.05, 3.63) is 77.1 Å². The van der Waals surface area contributed by atoms with Crippen LogP contribution in [0.4, 0.5) is 0 Å². The van der Waals surface area contributed by atoms with Crippen LogP contribution in [0.15, 0.2) is 60.4 Å². The van der Waals surface area contributed by atoms with Crippen LogP contribution in [-0.4, -0.2) is 0 Å². The van der Waals surface area contributed by atoms with Crippen LogP contribution in [0, 0.1) is 6.92 Å². The molecule has 0 saturated carbocycles. The molecule has 1 unspecified atom stereocenters. The molecule has 0 spiro atoms. The number of hydrogen-bond donors (Lipinski definition) is 0. The van der Waals surface area contributed by atoms with Crippen molar-refractivity contribution in [1.82, 2.24) is 0 Å². The molecule has 0 saturated heterocycles. The second kappa shape index (κ2) is 3.74. The van der Waals surface area contributed by atoms with Crippen LogP contribution in [0.25, 0.3) is 0 Å². The molecule has 1 aliphatic carbocycles. The molecule has 0 amide bonds. The summed E-state index contributed by atoms with van der Waals surface area (Å²) in [5.41, 5.74) is 3.94. The lowest BCUT2D eigenvalue weighted by molar-refractivity contribution is 0.402. The van der Waals surface area contributed by atoms with Crippen molar-refractivity contribution in [3.63, 3.8) is 0 Å². The van der Waals surface area contributed by atoms with Gasteiger partial charge in [0.05, 0.1) is 5.41 Å². The SMILES string of the molecule is Cc1ccc(C23CCC=C2Oc2ccccc23)cc1. The lowest BCUT2D eigenvalue weighted by Gasteiger charge is -2.26. The molecule has 2 aromatic carbocycles. The van der Waals surface area contributed by atoms with Gasteiger partial charge in [0.25, 0.3) is 0 Å². The van der Waals surface area contributed by atoms with Crippen molar-refractivity contribution in [3.8, 4) is 5.75 Å². The lowest BCUT2D eigenvalue weighted by Crippen LogP contribution is -2.24. The molecule has 0 fully saturated rings. The summed E-state index contributed by atoms with van der Waals surface area (Å²) in [7, 11) is 0. The van der Waals surface area contributed by atoms with Gasteiger partial charge in [-0.3, -0.25) is 0 Å². The zero-order chi connectivity index (χ0) is 12.9. The summed E-state index contributed by atoms with van der Waals surface area (Å²) in [6, 6.07) is 17.3. The molecule has 2 aliphatic rings. The third kappa shape index (κ3) is 1.36. The van der Waals surface area contributed by atoms with E-state index >= 15 is 0 Å². The van der Waals surface area contributed by atoms with E-state index in [1.807, 2.05) is 6.07 Å². The monoisotopic (exact) mass is 248 g/mol. The Bertz CT molecular complexity index is 666. The van der Waals surface area contributed by atoms with Crippen molar-refractivity contribution in [2.45, 2.75) is 25.2 Å². The minimum Gasteiger partial charge on any atom is -0.460 e. The van der Waals surface area contributed by atoms with E-state index in [1.54, 1.807) is 0 Å². The van der Waals surface area contributed by atoms with E-state index < -0.39 is 0 Å². The van der Waals surface area contributed by atoms with Crippen LogP contribution in [0.2, 0.25) is 0 Å². The largest absolute Gasteiger partial charge is 0.460 e. The quantitative estimate of drug-likeness (QED) is 0.729. The normalized spacial score (nSPS) is 23.5. The van der Waals surface area contributed by atoms with E-state index in [1.165, 1.54) is 16.7 Å². The van der Waals surface area contributed by atoms with Gasteiger partial charge in [-0.1, -0.05) is 48.0 Å². The Morgan fingerprint density at radius 3 is 2.63 bits per heavy atom. The van der Waals surface area contributed by atoms with Gasteiger partial charge in [-0.25, -0.2) is 0 Å². The van der Waals surface area contributed by atoms with Crippen molar-refractivity contribution in [2.75, 3.05) is 0 Å². The fourth-order valence-electron chi connectivity index (χ4n) is 3.42. The lowest BCUT2D eigenvalue weighted by atomic mass is 9.74. The second-order valence-corrected chi connectivity index (χ2v) is 5.48. The molecule has 2 aromatic rings. The number of para-hydroxylation sites is 1. The van der Waals surface area contributed by atoms with Crippen molar-refractivity contribution in [2.24, 2.45) is 0 Å². The molecule has 4 rings (SSSR count). The van der Waals surface area contributed by atoms with E-state index in [2.05, 4.69) is 55.5 Å². The first kappa shape index (κ1) is 10.9. The summed E-state index contributed by atoms with van der Waals surface area (Å²) >= 11 is 0. The molecule has 0 aromatic heterocycles. The Labute approximate surface area is 113 Å². The average molecular weight is 248 g/mol. The van der Waals surface area contributed by atoms with Crippen LogP contribution in [-0.2, 0) is 5.41 Å². The summed E-state index contributed by atoms with van der Waals surface area (Å²) in [5, 5.41) is 0. The highest BCUT2D eigenvalue weighted by Crippen LogP contribution is 2.55. The first-order valence-electron chi connectivity index (χ1n) is 6.86. The summed E-state index contributed by atoms with van der Waals surface area (Å²) in [6.45, 7) is 2.13. The van der Waals surface area contributed by atoms with Crippen LogP contribution in [0.5, 0.6) is 5.75 Å². The van der Waals surface area contributed by atoms with Crippen molar-refractivity contribution in [1.29, 1.82) is 0 Å². The molecular formula is C18H16O. The number of aryl methyl sites for hydroxylation is 1. The van der Waals surface area contributed by atoms with Crippen LogP contribution >= 0.6 is 0 Å². The molecule has 94 valence electrons. The molecule has 1 atom stereocenters. The summed E-state index contributed by atoms with van der Waals surface area (Å²) in [6.07, 6.45) is 4.46. The number of ether oxygens (including phenoxy) is 1. The van der Waals surface area contributed by atoms with Gasteiger partial charge < -0.3 is 4.74 Å². The first-order valence-corrected chi connectivity index (χ1v) is 6.86. The maximum absolute atomic E-state index is 6.08. The summed E-state index contributed by atoms with van der Waals surface area (Å²) in [5.74, 6) is 2.14. The maximum Gasteiger partial charge on any atom is 0.131 e.